The Morgan fingerprint density at radius 1 is 1.40 bits per heavy atom. The van der Waals surface area contributed by atoms with Crippen molar-refractivity contribution in [2.24, 2.45) is 5.92 Å². The minimum atomic E-state index is 0.139. The first-order valence-electron chi connectivity index (χ1n) is 7.34. The second-order valence-corrected chi connectivity index (χ2v) is 6.82. The number of hydrogen-bond donors (Lipinski definition) is 1. The third kappa shape index (κ3) is 4.32. The molecule has 3 nitrogen and oxygen atoms in total. The Morgan fingerprint density at radius 3 is 2.65 bits per heavy atom. The van der Waals surface area contributed by atoms with Crippen molar-refractivity contribution in [2.75, 3.05) is 19.6 Å². The lowest BCUT2D eigenvalue weighted by Gasteiger charge is -2.27. The normalized spacial score (nSPS) is 18.5. The van der Waals surface area contributed by atoms with E-state index < -0.39 is 0 Å². The number of benzene rings is 1. The largest absolute Gasteiger partial charge is 0.337 e. The Bertz CT molecular complexity index is 438. The molecule has 1 atom stereocenters. The summed E-state index contributed by atoms with van der Waals surface area (Å²) in [5.74, 6) is 0.621. The second-order valence-electron chi connectivity index (χ2n) is 5.90. The zero-order chi connectivity index (χ0) is 14.5. The smallest absolute Gasteiger partial charge is 0.253 e. The maximum Gasteiger partial charge on any atom is 0.253 e. The number of nitrogens with zero attached hydrogens (tertiary/aromatic N) is 1. The van der Waals surface area contributed by atoms with Crippen LogP contribution in [0.5, 0.6) is 0 Å². The molecule has 0 radical (unpaired) electrons. The molecule has 1 aliphatic rings. The molecule has 110 valence electrons. The van der Waals surface area contributed by atoms with Crippen molar-refractivity contribution >= 4 is 21.8 Å². The van der Waals surface area contributed by atoms with Gasteiger partial charge in [-0.15, -0.1) is 0 Å². The summed E-state index contributed by atoms with van der Waals surface area (Å²) in [4.78, 5) is 14.7. The van der Waals surface area contributed by atoms with Gasteiger partial charge in [0.05, 0.1) is 0 Å². The van der Waals surface area contributed by atoms with Crippen molar-refractivity contribution in [1.82, 2.24) is 10.2 Å². The van der Waals surface area contributed by atoms with Gasteiger partial charge in [-0.05, 0) is 49.6 Å². The molecule has 20 heavy (non-hydrogen) atoms. The first kappa shape index (κ1) is 15.5. The molecule has 1 amide bonds. The summed E-state index contributed by atoms with van der Waals surface area (Å²) < 4.78 is 1.00. The minimum absolute atomic E-state index is 0.139. The first-order valence-corrected chi connectivity index (χ1v) is 8.14. The number of rotatable bonds is 5. The maximum absolute atomic E-state index is 12.7. The van der Waals surface area contributed by atoms with E-state index in [1.807, 2.05) is 29.2 Å². The van der Waals surface area contributed by atoms with Crippen molar-refractivity contribution in [3.63, 3.8) is 0 Å². The highest BCUT2D eigenvalue weighted by Gasteiger charge is 2.22. The van der Waals surface area contributed by atoms with Crippen LogP contribution in [0.2, 0.25) is 0 Å². The fraction of sp³-hybridized carbons (Fsp3) is 0.562. The lowest BCUT2D eigenvalue weighted by molar-refractivity contribution is 0.0721. The molecule has 2 rings (SSSR count). The van der Waals surface area contributed by atoms with Crippen LogP contribution >= 0.6 is 15.9 Å². The quantitative estimate of drug-likeness (QED) is 0.893. The van der Waals surface area contributed by atoms with Gasteiger partial charge in [-0.1, -0.05) is 29.8 Å². The van der Waals surface area contributed by atoms with E-state index >= 15 is 0 Å². The third-order valence-corrected chi connectivity index (χ3v) is 4.10. The zero-order valence-corrected chi connectivity index (χ0v) is 13.8. The average Bonchev–Trinajstić information content (AvgIpc) is 2.90. The van der Waals surface area contributed by atoms with Crippen LogP contribution in [0.4, 0.5) is 0 Å². The Balaban J connectivity index is 2.07. The number of hydrogen-bond acceptors (Lipinski definition) is 2. The van der Waals surface area contributed by atoms with Crippen molar-refractivity contribution in [3.05, 3.63) is 34.3 Å². The van der Waals surface area contributed by atoms with Gasteiger partial charge < -0.3 is 10.2 Å². The zero-order valence-electron chi connectivity index (χ0n) is 12.2. The van der Waals surface area contributed by atoms with Gasteiger partial charge >= 0.3 is 0 Å². The Labute approximate surface area is 129 Å². The Hall–Kier alpha value is -0.870. The summed E-state index contributed by atoms with van der Waals surface area (Å²) >= 11 is 3.41. The van der Waals surface area contributed by atoms with Crippen LogP contribution in [-0.2, 0) is 0 Å². The topological polar surface area (TPSA) is 32.3 Å². The van der Waals surface area contributed by atoms with Crippen molar-refractivity contribution in [1.29, 1.82) is 0 Å². The van der Waals surface area contributed by atoms with Crippen LogP contribution in [0, 0.1) is 5.92 Å². The molecule has 1 aromatic carbocycles. The first-order chi connectivity index (χ1) is 9.56. The molecule has 4 heteroatoms. The van der Waals surface area contributed by atoms with Gasteiger partial charge in [-0.3, -0.25) is 4.79 Å². The van der Waals surface area contributed by atoms with Gasteiger partial charge in [0, 0.05) is 29.2 Å². The van der Waals surface area contributed by atoms with Crippen LogP contribution in [0.3, 0.4) is 0 Å². The summed E-state index contributed by atoms with van der Waals surface area (Å²) in [7, 11) is 0. The third-order valence-electron chi connectivity index (χ3n) is 3.57. The fourth-order valence-electron chi connectivity index (χ4n) is 2.63. The van der Waals surface area contributed by atoms with Crippen LogP contribution in [0.1, 0.15) is 37.0 Å². The van der Waals surface area contributed by atoms with E-state index in [0.29, 0.717) is 12.0 Å². The van der Waals surface area contributed by atoms with Crippen molar-refractivity contribution in [2.45, 2.75) is 32.7 Å². The Kier molecular flexibility index (Phi) is 5.61. The molecule has 1 N–H and O–H groups in total. The molecule has 1 saturated heterocycles. The van der Waals surface area contributed by atoms with Crippen LogP contribution in [0.15, 0.2) is 28.7 Å². The van der Waals surface area contributed by atoms with E-state index in [2.05, 4.69) is 35.1 Å². The highest BCUT2D eigenvalue weighted by molar-refractivity contribution is 9.10. The lowest BCUT2D eigenvalue weighted by Crippen LogP contribution is -2.42. The van der Waals surface area contributed by atoms with Crippen molar-refractivity contribution in [3.8, 4) is 0 Å². The molecule has 0 aliphatic carbocycles. The summed E-state index contributed by atoms with van der Waals surface area (Å²) in [5, 5.41) is 3.47. The molecule has 1 aromatic rings. The predicted octanol–water partition coefficient (Wildman–Crippen LogP) is 3.30. The van der Waals surface area contributed by atoms with Crippen molar-refractivity contribution < 1.29 is 4.79 Å². The highest BCUT2D eigenvalue weighted by atomic mass is 79.9. The molecular weight excluding hydrogens is 316 g/mol. The lowest BCUT2D eigenvalue weighted by atomic mass is 10.1. The number of halogens is 1. The molecule has 0 spiro atoms. The summed E-state index contributed by atoms with van der Waals surface area (Å²) in [6.07, 6.45) is 2.38. The minimum Gasteiger partial charge on any atom is -0.337 e. The van der Waals surface area contributed by atoms with Crippen LogP contribution in [-0.4, -0.2) is 36.5 Å². The van der Waals surface area contributed by atoms with E-state index in [-0.39, 0.29) is 5.91 Å². The van der Waals surface area contributed by atoms with E-state index in [1.165, 1.54) is 12.8 Å². The monoisotopic (exact) mass is 338 g/mol. The number of amides is 1. The van der Waals surface area contributed by atoms with Gasteiger partial charge in [0.15, 0.2) is 0 Å². The molecule has 0 aromatic heterocycles. The Morgan fingerprint density at radius 2 is 2.10 bits per heavy atom. The average molecular weight is 339 g/mol. The van der Waals surface area contributed by atoms with Gasteiger partial charge in [0.2, 0.25) is 0 Å². The van der Waals surface area contributed by atoms with Gasteiger partial charge in [-0.2, -0.15) is 0 Å². The highest BCUT2D eigenvalue weighted by Crippen LogP contribution is 2.15. The van der Waals surface area contributed by atoms with Crippen LogP contribution in [0.25, 0.3) is 0 Å². The molecule has 1 unspecified atom stereocenters. The standard InChI is InChI=1S/C16H23BrN2O/c1-12(2)10-19(11-15-4-3-9-18-15)16(20)13-5-7-14(17)8-6-13/h5-8,12,15,18H,3-4,9-11H2,1-2H3. The summed E-state index contributed by atoms with van der Waals surface area (Å²) in [5.41, 5.74) is 0.770. The maximum atomic E-state index is 12.7. The fourth-order valence-corrected chi connectivity index (χ4v) is 2.90. The SMILES string of the molecule is CC(C)CN(CC1CCCN1)C(=O)c1ccc(Br)cc1. The van der Waals surface area contributed by atoms with Gasteiger partial charge in [0.1, 0.15) is 0 Å². The predicted molar refractivity (Wildman–Crippen MR) is 85.9 cm³/mol. The number of carbonyl (C=O) groups excluding carboxylic acids is 1. The van der Waals surface area contributed by atoms with Crippen LogP contribution < -0.4 is 5.32 Å². The van der Waals surface area contributed by atoms with Gasteiger partial charge in [-0.25, -0.2) is 0 Å². The van der Waals surface area contributed by atoms with E-state index in [1.54, 1.807) is 0 Å². The van der Waals surface area contributed by atoms with E-state index in [9.17, 15) is 4.79 Å². The number of nitrogens with one attached hydrogen (secondary N) is 1. The number of carbonyl (C=O) groups is 1. The van der Waals surface area contributed by atoms with E-state index in [0.717, 1.165) is 29.7 Å². The van der Waals surface area contributed by atoms with Gasteiger partial charge in [0.25, 0.3) is 5.91 Å². The molecule has 1 heterocycles. The molecular formula is C16H23BrN2O. The molecule has 1 aliphatic heterocycles. The molecule has 1 fully saturated rings. The van der Waals surface area contributed by atoms with E-state index in [4.69, 9.17) is 0 Å². The summed E-state index contributed by atoms with van der Waals surface area (Å²) in [6, 6.07) is 8.08. The second kappa shape index (κ2) is 7.23. The molecule has 0 saturated carbocycles. The summed E-state index contributed by atoms with van der Waals surface area (Å²) in [6.45, 7) is 7.01. The molecule has 0 bridgehead atoms.